The fraction of sp³-hybridized carbons (Fsp3) is 0.462. The van der Waals surface area contributed by atoms with Crippen molar-refractivity contribution < 1.29 is 27.8 Å². The van der Waals surface area contributed by atoms with Gasteiger partial charge in [-0.1, -0.05) is 6.92 Å². The summed E-state index contributed by atoms with van der Waals surface area (Å²) in [5.41, 5.74) is -0.959. The molecule has 2 amide bonds. The number of carbonyl (C=O) groups is 1. The number of ether oxygens (including phenoxy) is 1. The van der Waals surface area contributed by atoms with Crippen LogP contribution in [0.1, 0.15) is 20.3 Å². The molecule has 3 N–H and O–H groups in total. The van der Waals surface area contributed by atoms with Crippen LogP contribution in [-0.2, 0) is 0 Å². The number of rotatable bonds is 6. The minimum Gasteiger partial charge on any atom is -0.432 e. The maximum Gasteiger partial charge on any atom is 0.387 e. The van der Waals surface area contributed by atoms with Crippen molar-refractivity contribution in [3.63, 3.8) is 0 Å². The molecule has 0 aliphatic heterocycles. The molecule has 0 spiro atoms. The number of carbonyl (C=O) groups excluding carboxylic acids is 1. The molecule has 21 heavy (non-hydrogen) atoms. The predicted octanol–water partition coefficient (Wildman–Crippen LogP) is 2.71. The Labute approximate surface area is 120 Å². The molecule has 0 aliphatic rings. The molecular formula is C13H17F3N2O3. The van der Waals surface area contributed by atoms with E-state index in [0.717, 1.165) is 18.2 Å². The molecule has 0 heterocycles. The SMILES string of the molecule is CCC(C)(CO)NC(=O)Nc1ccc(F)cc1OC(F)F. The van der Waals surface area contributed by atoms with Crippen LogP contribution in [0.5, 0.6) is 5.75 Å². The second kappa shape index (κ2) is 7.16. The lowest BCUT2D eigenvalue weighted by Crippen LogP contribution is -2.50. The number of amides is 2. The minimum absolute atomic E-state index is 0.106. The zero-order valence-corrected chi connectivity index (χ0v) is 11.6. The van der Waals surface area contributed by atoms with Gasteiger partial charge in [-0.2, -0.15) is 8.78 Å². The van der Waals surface area contributed by atoms with Crippen molar-refractivity contribution >= 4 is 11.7 Å². The maximum absolute atomic E-state index is 13.0. The van der Waals surface area contributed by atoms with Crippen LogP contribution >= 0.6 is 0 Å². The predicted molar refractivity (Wildman–Crippen MR) is 71.0 cm³/mol. The summed E-state index contributed by atoms with van der Waals surface area (Å²) in [5.74, 6) is -1.26. The topological polar surface area (TPSA) is 70.6 Å². The molecule has 1 rings (SSSR count). The summed E-state index contributed by atoms with van der Waals surface area (Å²) < 4.78 is 41.7. The molecule has 0 saturated heterocycles. The van der Waals surface area contributed by atoms with Crippen molar-refractivity contribution in [2.24, 2.45) is 0 Å². The highest BCUT2D eigenvalue weighted by Crippen LogP contribution is 2.27. The number of alkyl halides is 2. The van der Waals surface area contributed by atoms with Crippen molar-refractivity contribution in [3.05, 3.63) is 24.0 Å². The third kappa shape index (κ3) is 5.14. The zero-order chi connectivity index (χ0) is 16.0. The van der Waals surface area contributed by atoms with E-state index in [-0.39, 0.29) is 12.3 Å². The summed E-state index contributed by atoms with van der Waals surface area (Å²) in [4.78, 5) is 11.8. The van der Waals surface area contributed by atoms with Gasteiger partial charge in [-0.25, -0.2) is 9.18 Å². The molecule has 118 valence electrons. The molecule has 1 unspecified atom stereocenters. The smallest absolute Gasteiger partial charge is 0.387 e. The van der Waals surface area contributed by atoms with Crippen LogP contribution in [0.2, 0.25) is 0 Å². The Morgan fingerprint density at radius 1 is 1.48 bits per heavy atom. The van der Waals surface area contributed by atoms with E-state index in [4.69, 9.17) is 0 Å². The molecule has 0 fully saturated rings. The molecular weight excluding hydrogens is 289 g/mol. The molecule has 0 aromatic heterocycles. The van der Waals surface area contributed by atoms with Crippen molar-refractivity contribution in [1.29, 1.82) is 0 Å². The van der Waals surface area contributed by atoms with Crippen LogP contribution in [0.3, 0.4) is 0 Å². The second-order valence-corrected chi connectivity index (χ2v) is 4.67. The Hall–Kier alpha value is -1.96. The first kappa shape index (κ1) is 17.1. The lowest BCUT2D eigenvalue weighted by molar-refractivity contribution is -0.0495. The van der Waals surface area contributed by atoms with Crippen molar-refractivity contribution in [2.75, 3.05) is 11.9 Å². The minimum atomic E-state index is -3.14. The summed E-state index contributed by atoms with van der Waals surface area (Å²) in [5, 5.41) is 14.0. The number of benzene rings is 1. The number of hydrogen-bond donors (Lipinski definition) is 3. The fourth-order valence-corrected chi connectivity index (χ4v) is 1.46. The van der Waals surface area contributed by atoms with Gasteiger partial charge in [0.05, 0.1) is 17.8 Å². The summed E-state index contributed by atoms with van der Waals surface area (Å²) in [6.07, 6.45) is 0.459. The average molecular weight is 306 g/mol. The Kier molecular flexibility index (Phi) is 5.83. The average Bonchev–Trinajstić information content (AvgIpc) is 2.41. The van der Waals surface area contributed by atoms with Gasteiger partial charge in [0.2, 0.25) is 0 Å². The van der Waals surface area contributed by atoms with E-state index in [1.54, 1.807) is 13.8 Å². The van der Waals surface area contributed by atoms with Gasteiger partial charge in [0.25, 0.3) is 0 Å². The van der Waals surface area contributed by atoms with E-state index in [0.29, 0.717) is 6.42 Å². The Morgan fingerprint density at radius 2 is 2.14 bits per heavy atom. The van der Waals surface area contributed by atoms with Gasteiger partial charge < -0.3 is 20.5 Å². The van der Waals surface area contributed by atoms with Gasteiger partial charge in [-0.15, -0.1) is 0 Å². The van der Waals surface area contributed by atoms with Crippen LogP contribution in [0.15, 0.2) is 18.2 Å². The van der Waals surface area contributed by atoms with Gasteiger partial charge in [-0.3, -0.25) is 0 Å². The highest BCUT2D eigenvalue weighted by atomic mass is 19.3. The number of halogens is 3. The Balaban J connectivity index is 2.85. The molecule has 5 nitrogen and oxygen atoms in total. The van der Waals surface area contributed by atoms with E-state index in [9.17, 15) is 23.1 Å². The number of nitrogens with one attached hydrogen (secondary N) is 2. The zero-order valence-electron chi connectivity index (χ0n) is 11.6. The lowest BCUT2D eigenvalue weighted by Gasteiger charge is -2.27. The Morgan fingerprint density at radius 3 is 2.67 bits per heavy atom. The largest absolute Gasteiger partial charge is 0.432 e. The maximum atomic E-state index is 13.0. The Bertz CT molecular complexity index is 494. The molecule has 1 aromatic carbocycles. The van der Waals surface area contributed by atoms with E-state index >= 15 is 0 Å². The highest BCUT2D eigenvalue weighted by molar-refractivity contribution is 5.91. The normalized spacial score (nSPS) is 13.7. The van der Waals surface area contributed by atoms with Gasteiger partial charge in [0.1, 0.15) is 5.82 Å². The van der Waals surface area contributed by atoms with E-state index < -0.39 is 29.7 Å². The summed E-state index contributed by atoms with van der Waals surface area (Å²) in [6.45, 7) is -0.0531. The van der Waals surface area contributed by atoms with Crippen LogP contribution in [0, 0.1) is 5.82 Å². The first-order chi connectivity index (χ1) is 9.79. The summed E-state index contributed by atoms with van der Waals surface area (Å²) >= 11 is 0. The monoisotopic (exact) mass is 306 g/mol. The van der Waals surface area contributed by atoms with Crippen LogP contribution in [-0.4, -0.2) is 29.9 Å². The fourth-order valence-electron chi connectivity index (χ4n) is 1.46. The van der Waals surface area contributed by atoms with E-state index in [1.165, 1.54) is 0 Å². The number of aliphatic hydroxyl groups is 1. The van der Waals surface area contributed by atoms with Gasteiger partial charge in [0.15, 0.2) is 5.75 Å². The number of urea groups is 1. The van der Waals surface area contributed by atoms with Crippen molar-refractivity contribution in [3.8, 4) is 5.75 Å². The van der Waals surface area contributed by atoms with Crippen molar-refractivity contribution in [1.82, 2.24) is 5.32 Å². The molecule has 1 aromatic rings. The molecule has 0 radical (unpaired) electrons. The second-order valence-electron chi connectivity index (χ2n) is 4.67. The first-order valence-electron chi connectivity index (χ1n) is 6.24. The molecule has 1 atom stereocenters. The highest BCUT2D eigenvalue weighted by Gasteiger charge is 2.24. The quantitative estimate of drug-likeness (QED) is 0.757. The number of hydrogen-bond acceptors (Lipinski definition) is 3. The van der Waals surface area contributed by atoms with Crippen LogP contribution in [0.4, 0.5) is 23.7 Å². The van der Waals surface area contributed by atoms with Crippen LogP contribution in [0.25, 0.3) is 0 Å². The molecule has 0 saturated carbocycles. The van der Waals surface area contributed by atoms with E-state index in [2.05, 4.69) is 15.4 Å². The van der Waals surface area contributed by atoms with Crippen LogP contribution < -0.4 is 15.4 Å². The standard InChI is InChI=1S/C13H17F3N2O3/c1-3-13(2,7-19)18-12(20)17-9-5-4-8(14)6-10(9)21-11(15)16/h4-6,11,19H,3,7H2,1-2H3,(H2,17,18,20). The lowest BCUT2D eigenvalue weighted by atomic mass is 10.0. The van der Waals surface area contributed by atoms with Gasteiger partial charge in [0, 0.05) is 6.07 Å². The van der Waals surface area contributed by atoms with Crippen molar-refractivity contribution in [2.45, 2.75) is 32.4 Å². The summed E-state index contributed by atoms with van der Waals surface area (Å²) in [7, 11) is 0. The summed E-state index contributed by atoms with van der Waals surface area (Å²) in [6, 6.07) is 2.12. The van der Waals surface area contributed by atoms with E-state index in [1.807, 2.05) is 0 Å². The van der Waals surface area contributed by atoms with Gasteiger partial charge >= 0.3 is 12.6 Å². The molecule has 8 heteroatoms. The number of anilines is 1. The molecule has 0 bridgehead atoms. The third-order valence-corrected chi connectivity index (χ3v) is 2.95. The third-order valence-electron chi connectivity index (χ3n) is 2.95. The molecule has 0 aliphatic carbocycles. The number of aliphatic hydroxyl groups excluding tert-OH is 1. The first-order valence-corrected chi connectivity index (χ1v) is 6.24. The van der Waals surface area contributed by atoms with Gasteiger partial charge in [-0.05, 0) is 25.5 Å².